The lowest BCUT2D eigenvalue weighted by atomic mass is 9.66. The number of aliphatic hydroxyl groups is 1. The van der Waals surface area contributed by atoms with Crippen molar-refractivity contribution in [3.63, 3.8) is 0 Å². The summed E-state index contributed by atoms with van der Waals surface area (Å²) in [4.78, 5) is 0. The van der Waals surface area contributed by atoms with Crippen molar-refractivity contribution in [1.82, 2.24) is 0 Å². The number of nitrogens with two attached hydrogens (primary N) is 1. The molecule has 3 heteroatoms. The van der Waals surface area contributed by atoms with Crippen LogP contribution >= 0.6 is 0 Å². The van der Waals surface area contributed by atoms with Crippen molar-refractivity contribution in [1.29, 1.82) is 0 Å². The molecule has 1 aliphatic carbocycles. The highest BCUT2D eigenvalue weighted by molar-refractivity contribution is 5.36. The number of benzene rings is 1. The minimum atomic E-state index is -0.683. The first-order chi connectivity index (χ1) is 9.19. The Morgan fingerprint density at radius 1 is 1.11 bits per heavy atom. The molecule has 104 valence electrons. The van der Waals surface area contributed by atoms with Crippen LogP contribution in [0.2, 0.25) is 0 Å². The van der Waals surface area contributed by atoms with E-state index in [0.29, 0.717) is 19.6 Å². The molecule has 3 rings (SSSR count). The molecule has 1 unspecified atom stereocenters. The van der Waals surface area contributed by atoms with Crippen molar-refractivity contribution in [3.8, 4) is 0 Å². The molecule has 3 N–H and O–H groups in total. The fourth-order valence-corrected chi connectivity index (χ4v) is 3.82. The zero-order valence-corrected chi connectivity index (χ0v) is 11.4. The quantitative estimate of drug-likeness (QED) is 0.851. The van der Waals surface area contributed by atoms with Gasteiger partial charge in [0.2, 0.25) is 0 Å². The van der Waals surface area contributed by atoms with E-state index in [1.165, 1.54) is 11.1 Å². The van der Waals surface area contributed by atoms with E-state index in [1.807, 2.05) is 0 Å². The van der Waals surface area contributed by atoms with Crippen molar-refractivity contribution >= 4 is 0 Å². The third-order valence-corrected chi connectivity index (χ3v) is 5.09. The molecule has 2 aliphatic rings. The third kappa shape index (κ3) is 2.10. The lowest BCUT2D eigenvalue weighted by Gasteiger charge is -2.44. The normalized spacial score (nSPS) is 29.8. The zero-order valence-electron chi connectivity index (χ0n) is 11.4. The average molecular weight is 261 g/mol. The number of rotatable bonds is 2. The van der Waals surface area contributed by atoms with Crippen LogP contribution in [-0.4, -0.2) is 30.5 Å². The molecule has 1 aromatic carbocycles. The van der Waals surface area contributed by atoms with Gasteiger partial charge in [-0.3, -0.25) is 0 Å². The van der Waals surface area contributed by atoms with Crippen molar-refractivity contribution in [2.24, 2.45) is 11.1 Å². The van der Waals surface area contributed by atoms with Gasteiger partial charge in [0.15, 0.2) is 0 Å². The highest BCUT2D eigenvalue weighted by atomic mass is 16.5. The van der Waals surface area contributed by atoms with Gasteiger partial charge in [-0.05, 0) is 36.8 Å². The standard InChI is InChI=1S/C16H23NO2/c17-12-15(16(18)6-3-8-19-9-7-16)10-13-4-1-2-5-14(13)11-15/h1-2,4-5,18H,3,6-12,17H2. The second-order valence-corrected chi connectivity index (χ2v) is 6.10. The summed E-state index contributed by atoms with van der Waals surface area (Å²) in [6, 6.07) is 8.49. The molecule has 0 saturated carbocycles. The molecule has 1 saturated heterocycles. The summed E-state index contributed by atoms with van der Waals surface area (Å²) in [5.74, 6) is 0. The molecule has 1 fully saturated rings. The van der Waals surface area contributed by atoms with Crippen LogP contribution in [-0.2, 0) is 17.6 Å². The van der Waals surface area contributed by atoms with Gasteiger partial charge in [-0.1, -0.05) is 24.3 Å². The van der Waals surface area contributed by atoms with Gasteiger partial charge in [0.1, 0.15) is 0 Å². The summed E-state index contributed by atoms with van der Waals surface area (Å²) in [6.07, 6.45) is 4.23. The molecule has 19 heavy (non-hydrogen) atoms. The summed E-state index contributed by atoms with van der Waals surface area (Å²) < 4.78 is 5.52. The lowest BCUT2D eigenvalue weighted by molar-refractivity contribution is -0.0893. The molecule has 1 aromatic rings. The monoisotopic (exact) mass is 261 g/mol. The van der Waals surface area contributed by atoms with E-state index in [9.17, 15) is 5.11 Å². The zero-order chi connectivity index (χ0) is 13.3. The summed E-state index contributed by atoms with van der Waals surface area (Å²) in [5.41, 5.74) is 7.93. The summed E-state index contributed by atoms with van der Waals surface area (Å²) >= 11 is 0. The van der Waals surface area contributed by atoms with Crippen LogP contribution < -0.4 is 5.73 Å². The molecule has 1 aliphatic heterocycles. The maximum Gasteiger partial charge on any atom is 0.0744 e. The summed E-state index contributed by atoms with van der Waals surface area (Å²) in [7, 11) is 0. The minimum Gasteiger partial charge on any atom is -0.389 e. The average Bonchev–Trinajstić information content (AvgIpc) is 2.69. The van der Waals surface area contributed by atoms with E-state index in [0.717, 1.165) is 32.3 Å². The van der Waals surface area contributed by atoms with Gasteiger partial charge in [0.25, 0.3) is 0 Å². The maximum absolute atomic E-state index is 11.2. The van der Waals surface area contributed by atoms with Gasteiger partial charge < -0.3 is 15.6 Å². The molecule has 1 atom stereocenters. The Morgan fingerprint density at radius 2 is 1.79 bits per heavy atom. The molecule has 1 heterocycles. The molecule has 0 amide bonds. The van der Waals surface area contributed by atoms with Gasteiger partial charge in [-0.15, -0.1) is 0 Å². The van der Waals surface area contributed by atoms with Gasteiger partial charge in [0.05, 0.1) is 5.60 Å². The fourth-order valence-electron chi connectivity index (χ4n) is 3.82. The predicted molar refractivity (Wildman–Crippen MR) is 75.0 cm³/mol. The Bertz CT molecular complexity index is 425. The van der Waals surface area contributed by atoms with Gasteiger partial charge in [-0.2, -0.15) is 0 Å². The fraction of sp³-hybridized carbons (Fsp3) is 0.625. The van der Waals surface area contributed by atoms with E-state index in [1.54, 1.807) is 0 Å². The van der Waals surface area contributed by atoms with Crippen LogP contribution in [0.5, 0.6) is 0 Å². The van der Waals surface area contributed by atoms with Crippen LogP contribution in [0.3, 0.4) is 0 Å². The van der Waals surface area contributed by atoms with E-state index in [-0.39, 0.29) is 5.41 Å². The van der Waals surface area contributed by atoms with E-state index < -0.39 is 5.60 Å². The largest absolute Gasteiger partial charge is 0.389 e. The van der Waals surface area contributed by atoms with Crippen LogP contribution in [0.4, 0.5) is 0 Å². The molecular formula is C16H23NO2. The number of ether oxygens (including phenoxy) is 1. The van der Waals surface area contributed by atoms with Gasteiger partial charge in [-0.25, -0.2) is 0 Å². The highest BCUT2D eigenvalue weighted by Crippen LogP contribution is 2.48. The van der Waals surface area contributed by atoms with E-state index in [2.05, 4.69) is 24.3 Å². The summed E-state index contributed by atoms with van der Waals surface area (Å²) in [5, 5.41) is 11.2. The van der Waals surface area contributed by atoms with Crippen molar-refractivity contribution in [2.45, 2.75) is 37.7 Å². The Kier molecular flexibility index (Phi) is 3.37. The molecule has 3 nitrogen and oxygen atoms in total. The van der Waals surface area contributed by atoms with Crippen LogP contribution in [0.1, 0.15) is 30.4 Å². The lowest BCUT2D eigenvalue weighted by Crippen LogP contribution is -2.53. The molecule has 0 radical (unpaired) electrons. The number of hydrogen-bond acceptors (Lipinski definition) is 3. The molecular weight excluding hydrogens is 238 g/mol. The van der Waals surface area contributed by atoms with Crippen LogP contribution in [0, 0.1) is 5.41 Å². The van der Waals surface area contributed by atoms with E-state index >= 15 is 0 Å². The van der Waals surface area contributed by atoms with Gasteiger partial charge >= 0.3 is 0 Å². The Balaban J connectivity index is 1.93. The smallest absolute Gasteiger partial charge is 0.0744 e. The topological polar surface area (TPSA) is 55.5 Å². The molecule has 0 bridgehead atoms. The van der Waals surface area contributed by atoms with Gasteiger partial charge in [0, 0.05) is 31.6 Å². The second-order valence-electron chi connectivity index (χ2n) is 6.10. The predicted octanol–water partition coefficient (Wildman–Crippen LogP) is 1.66. The Morgan fingerprint density at radius 3 is 2.42 bits per heavy atom. The maximum atomic E-state index is 11.2. The molecule has 0 aromatic heterocycles. The molecule has 0 spiro atoms. The minimum absolute atomic E-state index is 0.204. The van der Waals surface area contributed by atoms with E-state index in [4.69, 9.17) is 10.5 Å². The van der Waals surface area contributed by atoms with Crippen molar-refractivity contribution in [2.75, 3.05) is 19.8 Å². The number of hydrogen-bond donors (Lipinski definition) is 2. The van der Waals surface area contributed by atoms with Crippen LogP contribution in [0.25, 0.3) is 0 Å². The van der Waals surface area contributed by atoms with Crippen molar-refractivity contribution in [3.05, 3.63) is 35.4 Å². The third-order valence-electron chi connectivity index (χ3n) is 5.09. The highest BCUT2D eigenvalue weighted by Gasteiger charge is 2.52. The van der Waals surface area contributed by atoms with Crippen molar-refractivity contribution < 1.29 is 9.84 Å². The Labute approximate surface area is 114 Å². The SMILES string of the molecule is NCC1(C2(O)CCCOCC2)Cc2ccccc2C1. The first-order valence-corrected chi connectivity index (χ1v) is 7.26. The van der Waals surface area contributed by atoms with Crippen LogP contribution in [0.15, 0.2) is 24.3 Å². The second kappa shape index (κ2) is 4.89. The summed E-state index contributed by atoms with van der Waals surface area (Å²) in [6.45, 7) is 1.95. The number of fused-ring (bicyclic) bond motifs is 1. The Hall–Kier alpha value is -0.900. The first kappa shape index (κ1) is 13.1. The first-order valence-electron chi connectivity index (χ1n) is 7.26.